The van der Waals surface area contributed by atoms with E-state index in [0.29, 0.717) is 5.56 Å². The number of carboxylic acids is 1. The molecule has 0 aromatic heterocycles. The number of rotatable bonds is 8. The largest absolute Gasteiger partial charge is 0.481 e. The van der Waals surface area contributed by atoms with Crippen molar-refractivity contribution in [2.45, 2.75) is 31.7 Å². The number of anilines is 1. The van der Waals surface area contributed by atoms with Gasteiger partial charge in [-0.2, -0.15) is 0 Å². The highest BCUT2D eigenvalue weighted by atomic mass is 19.1. The van der Waals surface area contributed by atoms with Crippen LogP contribution in [0.5, 0.6) is 0 Å². The second kappa shape index (κ2) is 10.4. The summed E-state index contributed by atoms with van der Waals surface area (Å²) in [6, 6.07) is 18.7. The van der Waals surface area contributed by atoms with Gasteiger partial charge in [0.05, 0.1) is 0 Å². The third-order valence-corrected chi connectivity index (χ3v) is 5.91. The topological polar surface area (TPSA) is 105 Å². The van der Waals surface area contributed by atoms with Crippen LogP contribution in [0.4, 0.5) is 14.9 Å². The number of hydrogen-bond donors (Lipinski definition) is 3. The molecule has 0 heterocycles. The number of benzene rings is 3. The third kappa shape index (κ3) is 5.66. The van der Waals surface area contributed by atoms with E-state index in [1.807, 2.05) is 48.5 Å². The summed E-state index contributed by atoms with van der Waals surface area (Å²) in [5.74, 6) is -2.45. The molecule has 3 aromatic rings. The quantitative estimate of drug-likeness (QED) is 0.431. The second-order valence-electron chi connectivity index (χ2n) is 8.46. The van der Waals surface area contributed by atoms with Gasteiger partial charge in [-0.15, -0.1) is 0 Å². The highest BCUT2D eigenvalue weighted by molar-refractivity contribution is 5.96. The molecular weight excluding hydrogens is 451 g/mol. The van der Waals surface area contributed by atoms with Crippen LogP contribution in [0.25, 0.3) is 11.1 Å². The maximum atomic E-state index is 13.7. The molecule has 0 spiro atoms. The molecule has 0 bridgehead atoms. The van der Waals surface area contributed by atoms with Crippen molar-refractivity contribution in [3.8, 4) is 11.1 Å². The lowest BCUT2D eigenvalue weighted by atomic mass is 9.98. The zero-order chi connectivity index (χ0) is 24.9. The molecule has 8 heteroatoms. The van der Waals surface area contributed by atoms with E-state index in [2.05, 4.69) is 10.6 Å². The third-order valence-electron chi connectivity index (χ3n) is 5.91. The number of amides is 2. The average molecular weight is 477 g/mol. The van der Waals surface area contributed by atoms with Gasteiger partial charge < -0.3 is 20.5 Å². The van der Waals surface area contributed by atoms with Gasteiger partial charge in [0.15, 0.2) is 0 Å². The Morgan fingerprint density at radius 1 is 1.00 bits per heavy atom. The van der Waals surface area contributed by atoms with E-state index in [4.69, 9.17) is 9.84 Å². The Bertz CT molecular complexity index is 1210. The van der Waals surface area contributed by atoms with E-state index in [9.17, 15) is 18.8 Å². The Morgan fingerprint density at radius 3 is 2.23 bits per heavy atom. The molecule has 1 aliphatic carbocycles. The normalized spacial score (nSPS) is 12.9. The Labute approximate surface area is 201 Å². The van der Waals surface area contributed by atoms with E-state index >= 15 is 0 Å². The molecule has 0 saturated carbocycles. The SMILES string of the molecule is Cc1cc(F)cc(NC(=O)C(CCC(=O)O)NC(=O)OCC2c3ccccc3-c3ccccc32)c1. The molecule has 0 radical (unpaired) electrons. The molecule has 3 aromatic carbocycles. The smallest absolute Gasteiger partial charge is 0.407 e. The summed E-state index contributed by atoms with van der Waals surface area (Å²) in [6.07, 6.45) is -1.34. The molecule has 0 aliphatic heterocycles. The first-order valence-corrected chi connectivity index (χ1v) is 11.2. The van der Waals surface area contributed by atoms with Gasteiger partial charge in [0.1, 0.15) is 18.5 Å². The second-order valence-corrected chi connectivity index (χ2v) is 8.46. The van der Waals surface area contributed by atoms with E-state index in [1.54, 1.807) is 13.0 Å². The number of carbonyl (C=O) groups excluding carboxylic acids is 2. The zero-order valence-corrected chi connectivity index (χ0v) is 19.1. The minimum absolute atomic E-state index is 0.0518. The number of ether oxygens (including phenoxy) is 1. The standard InChI is InChI=1S/C27H25FN2O5/c1-16-12-17(28)14-18(13-16)29-26(33)24(10-11-25(31)32)30-27(34)35-15-23-21-8-4-2-6-19(21)20-7-3-5-9-22(20)23/h2-9,12-14,23-24H,10-11,15H2,1H3,(H,29,33)(H,30,34)(H,31,32). The number of fused-ring (bicyclic) bond motifs is 3. The van der Waals surface area contributed by atoms with Gasteiger partial charge in [-0.05, 0) is 59.4 Å². The van der Waals surface area contributed by atoms with E-state index in [-0.39, 0.29) is 31.1 Å². The highest BCUT2D eigenvalue weighted by Crippen LogP contribution is 2.44. The summed E-state index contributed by atoms with van der Waals surface area (Å²) in [4.78, 5) is 36.5. The summed E-state index contributed by atoms with van der Waals surface area (Å²) in [5.41, 5.74) is 5.07. The number of hydrogen-bond acceptors (Lipinski definition) is 4. The van der Waals surface area contributed by atoms with Crippen molar-refractivity contribution in [2.75, 3.05) is 11.9 Å². The van der Waals surface area contributed by atoms with Crippen LogP contribution in [0.2, 0.25) is 0 Å². The summed E-state index contributed by atoms with van der Waals surface area (Å²) in [7, 11) is 0. The molecular formula is C27H25FN2O5. The lowest BCUT2D eigenvalue weighted by Gasteiger charge is -2.19. The number of halogens is 1. The van der Waals surface area contributed by atoms with Gasteiger partial charge in [0, 0.05) is 18.0 Å². The minimum atomic E-state index is -1.18. The number of aliphatic carboxylic acids is 1. The van der Waals surface area contributed by atoms with Crippen molar-refractivity contribution in [3.63, 3.8) is 0 Å². The maximum Gasteiger partial charge on any atom is 0.407 e. The Balaban J connectivity index is 1.43. The van der Waals surface area contributed by atoms with Crippen molar-refractivity contribution in [1.29, 1.82) is 0 Å². The number of carbonyl (C=O) groups is 3. The molecule has 1 aliphatic rings. The molecule has 3 N–H and O–H groups in total. The molecule has 1 atom stereocenters. The first-order chi connectivity index (χ1) is 16.8. The van der Waals surface area contributed by atoms with Crippen LogP contribution >= 0.6 is 0 Å². The number of aryl methyl sites for hydroxylation is 1. The molecule has 1 unspecified atom stereocenters. The Hall–Kier alpha value is -4.20. The predicted molar refractivity (Wildman–Crippen MR) is 129 cm³/mol. The van der Waals surface area contributed by atoms with Gasteiger partial charge in [0.2, 0.25) is 5.91 Å². The molecule has 35 heavy (non-hydrogen) atoms. The maximum absolute atomic E-state index is 13.7. The molecule has 0 saturated heterocycles. The molecule has 0 fully saturated rings. The van der Waals surface area contributed by atoms with Crippen LogP contribution in [0.3, 0.4) is 0 Å². The van der Waals surface area contributed by atoms with E-state index < -0.39 is 29.8 Å². The van der Waals surface area contributed by atoms with Gasteiger partial charge in [-0.25, -0.2) is 9.18 Å². The summed E-state index contributed by atoms with van der Waals surface area (Å²) >= 11 is 0. The van der Waals surface area contributed by atoms with Crippen LogP contribution in [0.15, 0.2) is 66.7 Å². The zero-order valence-electron chi connectivity index (χ0n) is 19.1. The van der Waals surface area contributed by atoms with Crippen LogP contribution in [0, 0.1) is 12.7 Å². The fourth-order valence-electron chi connectivity index (χ4n) is 4.36. The van der Waals surface area contributed by atoms with Gasteiger partial charge >= 0.3 is 12.1 Å². The summed E-state index contributed by atoms with van der Waals surface area (Å²) in [6.45, 7) is 1.73. The first kappa shape index (κ1) is 23.9. The lowest BCUT2D eigenvalue weighted by Crippen LogP contribution is -2.44. The van der Waals surface area contributed by atoms with Crippen molar-refractivity contribution >= 4 is 23.7 Å². The van der Waals surface area contributed by atoms with Crippen molar-refractivity contribution < 1.29 is 28.6 Å². The van der Waals surface area contributed by atoms with Crippen molar-refractivity contribution in [3.05, 3.63) is 89.2 Å². The van der Waals surface area contributed by atoms with Crippen LogP contribution in [-0.2, 0) is 14.3 Å². The molecule has 4 rings (SSSR count). The molecule has 7 nitrogen and oxygen atoms in total. The number of alkyl carbamates (subject to hydrolysis) is 1. The fourth-order valence-corrected chi connectivity index (χ4v) is 4.36. The van der Waals surface area contributed by atoms with Crippen molar-refractivity contribution in [2.24, 2.45) is 0 Å². The van der Waals surface area contributed by atoms with Gasteiger partial charge in [0.25, 0.3) is 0 Å². The number of carboxylic acid groups (broad SMARTS) is 1. The van der Waals surface area contributed by atoms with Crippen molar-refractivity contribution in [1.82, 2.24) is 5.32 Å². The molecule has 180 valence electrons. The van der Waals surface area contributed by atoms with Crippen LogP contribution in [-0.4, -0.2) is 35.7 Å². The predicted octanol–water partition coefficient (Wildman–Crippen LogP) is 4.84. The van der Waals surface area contributed by atoms with Gasteiger partial charge in [-0.3, -0.25) is 9.59 Å². The number of nitrogens with one attached hydrogen (secondary N) is 2. The minimum Gasteiger partial charge on any atom is -0.481 e. The average Bonchev–Trinajstić information content (AvgIpc) is 3.13. The lowest BCUT2D eigenvalue weighted by molar-refractivity contribution is -0.137. The first-order valence-electron chi connectivity index (χ1n) is 11.2. The van der Waals surface area contributed by atoms with E-state index in [0.717, 1.165) is 28.3 Å². The van der Waals surface area contributed by atoms with Crippen LogP contribution < -0.4 is 10.6 Å². The summed E-state index contributed by atoms with van der Waals surface area (Å²) < 4.78 is 19.2. The van der Waals surface area contributed by atoms with E-state index in [1.165, 1.54) is 6.07 Å². The monoisotopic (exact) mass is 476 g/mol. The molecule has 2 amide bonds. The highest BCUT2D eigenvalue weighted by Gasteiger charge is 2.30. The van der Waals surface area contributed by atoms with Crippen LogP contribution in [0.1, 0.15) is 35.4 Å². The van der Waals surface area contributed by atoms with Gasteiger partial charge in [-0.1, -0.05) is 48.5 Å². The Kier molecular flexibility index (Phi) is 7.10. The Morgan fingerprint density at radius 2 is 1.63 bits per heavy atom. The fraction of sp³-hybridized carbons (Fsp3) is 0.222. The summed E-state index contributed by atoms with van der Waals surface area (Å²) in [5, 5.41) is 14.0.